The lowest BCUT2D eigenvalue weighted by atomic mass is 9.94. The molecule has 1 fully saturated rings. The topological polar surface area (TPSA) is 32.3 Å². The number of nitrogens with zero attached hydrogens (tertiary/aromatic N) is 1. The number of carbonyl (C=O) groups excluding carboxylic acids is 1. The highest BCUT2D eigenvalue weighted by atomic mass is 16.1. The molecule has 1 heterocycles. The first-order chi connectivity index (χ1) is 13.1. The maximum atomic E-state index is 12.6. The molecule has 1 amide bonds. The fourth-order valence-electron chi connectivity index (χ4n) is 3.74. The second-order valence-electron chi connectivity index (χ2n) is 7.59. The highest BCUT2D eigenvalue weighted by molar-refractivity contribution is 5.79. The van der Waals surface area contributed by atoms with E-state index in [4.69, 9.17) is 0 Å². The lowest BCUT2D eigenvalue weighted by molar-refractivity contribution is -0.127. The summed E-state index contributed by atoms with van der Waals surface area (Å²) in [5, 5.41) is 3.19. The number of hydrogen-bond acceptors (Lipinski definition) is 2. The number of likely N-dealkylation sites (tertiary alicyclic amines) is 1. The van der Waals surface area contributed by atoms with E-state index in [1.165, 1.54) is 11.1 Å². The van der Waals surface area contributed by atoms with Gasteiger partial charge < -0.3 is 5.32 Å². The second kappa shape index (κ2) is 9.52. The SMILES string of the molecule is C/C(=C\c1ccccc1)CN1CCC(C(=O)N[C@H](C)c2ccccc2)CC1. The van der Waals surface area contributed by atoms with Gasteiger partial charge in [0.2, 0.25) is 5.91 Å². The first-order valence-electron chi connectivity index (χ1n) is 9.91. The van der Waals surface area contributed by atoms with E-state index < -0.39 is 0 Å². The Hall–Kier alpha value is -2.39. The van der Waals surface area contributed by atoms with Crippen molar-refractivity contribution in [3.05, 3.63) is 77.4 Å². The van der Waals surface area contributed by atoms with E-state index >= 15 is 0 Å². The van der Waals surface area contributed by atoms with E-state index in [1.54, 1.807) is 0 Å². The van der Waals surface area contributed by atoms with Crippen molar-refractivity contribution in [1.82, 2.24) is 10.2 Å². The van der Waals surface area contributed by atoms with Crippen molar-refractivity contribution in [2.75, 3.05) is 19.6 Å². The minimum absolute atomic E-state index is 0.0628. The number of rotatable bonds is 6. The standard InChI is InChI=1S/C24H30N2O/c1-19(17-21-9-5-3-6-10-21)18-26-15-13-23(14-16-26)24(27)25-20(2)22-11-7-4-8-12-22/h3-12,17,20,23H,13-16,18H2,1-2H3,(H,25,27)/b19-17+/t20-/m1/s1. The fraction of sp³-hybridized carbons (Fsp3) is 0.375. The third kappa shape index (κ3) is 5.80. The summed E-state index contributed by atoms with van der Waals surface area (Å²) in [7, 11) is 0. The van der Waals surface area contributed by atoms with Gasteiger partial charge in [-0.1, -0.05) is 72.3 Å². The quantitative estimate of drug-likeness (QED) is 0.809. The van der Waals surface area contributed by atoms with Crippen LogP contribution in [0, 0.1) is 5.92 Å². The summed E-state index contributed by atoms with van der Waals surface area (Å²) in [6, 6.07) is 20.7. The molecular formula is C24H30N2O. The maximum absolute atomic E-state index is 12.6. The van der Waals surface area contributed by atoms with Crippen LogP contribution in [0.2, 0.25) is 0 Å². The van der Waals surface area contributed by atoms with Gasteiger partial charge in [-0.15, -0.1) is 0 Å². The van der Waals surface area contributed by atoms with Gasteiger partial charge >= 0.3 is 0 Å². The molecule has 0 aliphatic carbocycles. The van der Waals surface area contributed by atoms with Crippen LogP contribution in [0.3, 0.4) is 0 Å². The van der Waals surface area contributed by atoms with Crippen molar-refractivity contribution < 1.29 is 4.79 Å². The molecule has 1 N–H and O–H groups in total. The minimum atomic E-state index is 0.0628. The third-order valence-electron chi connectivity index (χ3n) is 5.30. The molecule has 27 heavy (non-hydrogen) atoms. The molecule has 2 aromatic rings. The molecule has 0 aromatic heterocycles. The first-order valence-corrected chi connectivity index (χ1v) is 9.91. The highest BCUT2D eigenvalue weighted by Gasteiger charge is 2.25. The van der Waals surface area contributed by atoms with E-state index in [0.717, 1.165) is 38.0 Å². The number of carbonyl (C=O) groups is 1. The van der Waals surface area contributed by atoms with Gasteiger partial charge in [0.1, 0.15) is 0 Å². The van der Waals surface area contributed by atoms with Crippen LogP contribution in [0.5, 0.6) is 0 Å². The molecule has 3 nitrogen and oxygen atoms in total. The van der Waals surface area contributed by atoms with Gasteiger partial charge in [-0.25, -0.2) is 0 Å². The molecule has 0 radical (unpaired) electrons. The molecule has 1 atom stereocenters. The summed E-state index contributed by atoms with van der Waals surface area (Å²) >= 11 is 0. The molecule has 1 aliphatic heterocycles. The Morgan fingerprint density at radius 1 is 1.07 bits per heavy atom. The summed E-state index contributed by atoms with van der Waals surface area (Å²) in [6.45, 7) is 7.19. The predicted molar refractivity (Wildman–Crippen MR) is 112 cm³/mol. The highest BCUT2D eigenvalue weighted by Crippen LogP contribution is 2.20. The van der Waals surface area contributed by atoms with Crippen LogP contribution in [0.25, 0.3) is 6.08 Å². The summed E-state index contributed by atoms with van der Waals surface area (Å²) < 4.78 is 0. The summed E-state index contributed by atoms with van der Waals surface area (Å²) in [4.78, 5) is 15.1. The van der Waals surface area contributed by atoms with Crippen LogP contribution < -0.4 is 5.32 Å². The zero-order valence-corrected chi connectivity index (χ0v) is 16.4. The number of piperidine rings is 1. The summed E-state index contributed by atoms with van der Waals surface area (Å²) in [6.07, 6.45) is 4.12. The van der Waals surface area contributed by atoms with Gasteiger partial charge in [0, 0.05) is 12.5 Å². The van der Waals surface area contributed by atoms with Crippen molar-refractivity contribution in [3.63, 3.8) is 0 Å². The van der Waals surface area contributed by atoms with E-state index in [9.17, 15) is 4.79 Å². The number of benzene rings is 2. The Morgan fingerprint density at radius 3 is 2.30 bits per heavy atom. The fourth-order valence-corrected chi connectivity index (χ4v) is 3.74. The molecule has 0 saturated carbocycles. The van der Waals surface area contributed by atoms with E-state index in [2.05, 4.69) is 66.5 Å². The van der Waals surface area contributed by atoms with Crippen LogP contribution in [-0.2, 0) is 4.79 Å². The van der Waals surface area contributed by atoms with Crippen LogP contribution in [-0.4, -0.2) is 30.4 Å². The first kappa shape index (κ1) is 19.4. The van der Waals surface area contributed by atoms with Crippen molar-refractivity contribution in [2.45, 2.75) is 32.7 Å². The van der Waals surface area contributed by atoms with Crippen LogP contribution in [0.4, 0.5) is 0 Å². The molecule has 1 aliphatic rings. The lowest BCUT2D eigenvalue weighted by Crippen LogP contribution is -2.41. The van der Waals surface area contributed by atoms with Crippen molar-refractivity contribution >= 4 is 12.0 Å². The third-order valence-corrected chi connectivity index (χ3v) is 5.30. The summed E-state index contributed by atoms with van der Waals surface area (Å²) in [5.41, 5.74) is 3.77. The zero-order chi connectivity index (χ0) is 19.1. The van der Waals surface area contributed by atoms with Crippen LogP contribution in [0.15, 0.2) is 66.2 Å². The van der Waals surface area contributed by atoms with Crippen molar-refractivity contribution in [1.29, 1.82) is 0 Å². The molecule has 142 valence electrons. The van der Waals surface area contributed by atoms with E-state index in [0.29, 0.717) is 0 Å². The largest absolute Gasteiger partial charge is 0.349 e. The molecular weight excluding hydrogens is 332 g/mol. The van der Waals surface area contributed by atoms with E-state index in [-0.39, 0.29) is 17.9 Å². The molecule has 2 aromatic carbocycles. The Bertz CT molecular complexity index is 746. The van der Waals surface area contributed by atoms with E-state index in [1.807, 2.05) is 24.3 Å². The monoisotopic (exact) mass is 362 g/mol. The average molecular weight is 363 g/mol. The molecule has 3 heteroatoms. The maximum Gasteiger partial charge on any atom is 0.223 e. The van der Waals surface area contributed by atoms with Crippen LogP contribution in [0.1, 0.15) is 43.9 Å². The molecule has 3 rings (SSSR count). The van der Waals surface area contributed by atoms with Crippen molar-refractivity contribution in [3.8, 4) is 0 Å². The lowest BCUT2D eigenvalue weighted by Gasteiger charge is -2.32. The number of amides is 1. The normalized spacial score (nSPS) is 17.5. The number of nitrogens with one attached hydrogen (secondary N) is 1. The Labute approximate surface area is 163 Å². The Kier molecular flexibility index (Phi) is 6.83. The minimum Gasteiger partial charge on any atom is -0.349 e. The molecule has 0 bridgehead atoms. The average Bonchev–Trinajstić information content (AvgIpc) is 2.70. The molecule has 1 saturated heterocycles. The smallest absolute Gasteiger partial charge is 0.223 e. The molecule has 0 spiro atoms. The van der Waals surface area contributed by atoms with Crippen LogP contribution >= 0.6 is 0 Å². The van der Waals surface area contributed by atoms with Crippen molar-refractivity contribution in [2.24, 2.45) is 5.92 Å². The van der Waals surface area contributed by atoms with Gasteiger partial charge in [0.05, 0.1) is 6.04 Å². The summed E-state index contributed by atoms with van der Waals surface area (Å²) in [5.74, 6) is 0.327. The van der Waals surface area contributed by atoms with Gasteiger partial charge in [0.25, 0.3) is 0 Å². The Balaban J connectivity index is 1.45. The van der Waals surface area contributed by atoms with Gasteiger partial charge in [-0.2, -0.15) is 0 Å². The van der Waals surface area contributed by atoms with Gasteiger partial charge in [0.15, 0.2) is 0 Å². The zero-order valence-electron chi connectivity index (χ0n) is 16.4. The number of hydrogen-bond donors (Lipinski definition) is 1. The van der Waals surface area contributed by atoms with Gasteiger partial charge in [-0.3, -0.25) is 9.69 Å². The second-order valence-corrected chi connectivity index (χ2v) is 7.59. The Morgan fingerprint density at radius 2 is 1.67 bits per heavy atom. The predicted octanol–water partition coefficient (Wildman–Crippen LogP) is 4.68. The van der Waals surface area contributed by atoms with Gasteiger partial charge in [-0.05, 0) is 50.9 Å². The molecule has 0 unspecified atom stereocenters.